The molecule has 2 unspecified atom stereocenters. The molecule has 2 atom stereocenters. The minimum Gasteiger partial charge on any atom is -0.456 e. The molecule has 59 heavy (non-hydrogen) atoms. The predicted molar refractivity (Wildman–Crippen MR) is 246 cm³/mol. The van der Waals surface area contributed by atoms with Gasteiger partial charge in [0, 0.05) is 16.3 Å². The van der Waals surface area contributed by atoms with E-state index in [9.17, 15) is 0 Å². The van der Waals surface area contributed by atoms with Gasteiger partial charge in [0.05, 0.1) is 0 Å². The van der Waals surface area contributed by atoms with Crippen molar-refractivity contribution < 1.29 is 4.42 Å². The first-order valence-corrected chi connectivity index (χ1v) is 20.2. The highest BCUT2D eigenvalue weighted by Crippen LogP contribution is 2.42. The average Bonchev–Trinajstić information content (AvgIpc) is 3.67. The highest BCUT2D eigenvalue weighted by atomic mass is 16.3. The molecule has 278 valence electrons. The summed E-state index contributed by atoms with van der Waals surface area (Å²) in [6, 6.07) is 71.8. The molecule has 12 rings (SSSR count). The molecule has 1 aliphatic heterocycles. The fourth-order valence-electron chi connectivity index (χ4n) is 9.16. The lowest BCUT2D eigenvalue weighted by molar-refractivity contribution is 0.411. The maximum absolute atomic E-state index is 6.73. The van der Waals surface area contributed by atoms with Crippen LogP contribution in [-0.2, 0) is 0 Å². The average molecular weight is 756 g/mol. The van der Waals surface area contributed by atoms with Gasteiger partial charge in [-0.25, -0.2) is 4.99 Å². The van der Waals surface area contributed by atoms with Gasteiger partial charge in [-0.1, -0.05) is 170 Å². The van der Waals surface area contributed by atoms with Crippen molar-refractivity contribution in [2.45, 2.75) is 12.3 Å². The number of benzene rings is 10. The predicted octanol–water partition coefficient (Wildman–Crippen LogP) is 13.9. The molecule has 4 nitrogen and oxygen atoms in total. The second-order valence-electron chi connectivity index (χ2n) is 15.6. The molecular formula is C55H37N3O. The summed E-state index contributed by atoms with van der Waals surface area (Å²) in [6.45, 7) is 0. The molecule has 4 heteroatoms. The molecule has 0 saturated carbocycles. The molecule has 11 aromatic rings. The number of hydrogen-bond donors (Lipinski definition) is 2. The Bertz CT molecular complexity index is 3460. The van der Waals surface area contributed by atoms with Gasteiger partial charge in [0.1, 0.15) is 29.3 Å². The summed E-state index contributed by atoms with van der Waals surface area (Å²) in [5, 5.41) is 19.5. The molecule has 0 radical (unpaired) electrons. The van der Waals surface area contributed by atoms with Gasteiger partial charge < -0.3 is 9.73 Å². The first-order chi connectivity index (χ1) is 29.2. The molecule has 10 aromatic carbocycles. The van der Waals surface area contributed by atoms with E-state index in [4.69, 9.17) is 9.41 Å². The Kier molecular flexibility index (Phi) is 7.72. The number of fused-ring (bicyclic) bond motifs is 7. The summed E-state index contributed by atoms with van der Waals surface area (Å²) in [5.41, 5.74) is 9.66. The van der Waals surface area contributed by atoms with E-state index in [1.54, 1.807) is 0 Å². The zero-order chi connectivity index (χ0) is 38.9. The zero-order valence-corrected chi connectivity index (χ0v) is 32.1. The SMILES string of the molecule is c1ccc2cc(-c3cc(-c4ccc(C5N=C(c6cccc7ccccc67)NC(c6cccc7ccccc67)N5)cc4)c4c(c3)oc3cc5ccccc5cc34)ccc2c1. The van der Waals surface area contributed by atoms with Crippen LogP contribution in [0.2, 0.25) is 0 Å². The highest BCUT2D eigenvalue weighted by molar-refractivity contribution is 6.17. The van der Waals surface area contributed by atoms with Crippen LogP contribution in [0, 0.1) is 0 Å². The van der Waals surface area contributed by atoms with E-state index in [1.807, 2.05) is 0 Å². The quantitative estimate of drug-likeness (QED) is 0.184. The summed E-state index contributed by atoms with van der Waals surface area (Å²) >= 11 is 0. The molecule has 0 bridgehead atoms. The van der Waals surface area contributed by atoms with Crippen LogP contribution in [-0.4, -0.2) is 5.84 Å². The summed E-state index contributed by atoms with van der Waals surface area (Å²) in [5.74, 6) is 0.870. The van der Waals surface area contributed by atoms with Gasteiger partial charge in [-0.3, -0.25) is 5.32 Å². The second-order valence-corrected chi connectivity index (χ2v) is 15.6. The normalized spacial score (nSPS) is 15.6. The van der Waals surface area contributed by atoms with E-state index in [1.165, 1.54) is 48.7 Å². The van der Waals surface area contributed by atoms with Crippen molar-refractivity contribution >= 4 is 70.9 Å². The van der Waals surface area contributed by atoms with Gasteiger partial charge in [-0.2, -0.15) is 0 Å². The van der Waals surface area contributed by atoms with Gasteiger partial charge in [0.15, 0.2) is 0 Å². The lowest BCUT2D eigenvalue weighted by atomic mass is 9.92. The molecule has 1 aromatic heterocycles. The standard InChI is InChI=1S/C55H37N3O/c1-2-14-39-29-42(28-23-34(39)11-1)43-31-48(52-49-30-40-15-3-4-16-41(40)32-50(49)59-51(52)33-43)37-24-26-38(27-25-37)53-56-54(46-21-9-17-35-12-5-7-19-44(35)46)58-55(57-53)47-22-10-18-36-13-6-8-20-45(36)47/h1-33,53-54,56H,(H,57,58). The van der Waals surface area contributed by atoms with Gasteiger partial charge in [-0.05, 0) is 107 Å². The Morgan fingerprint density at radius 1 is 0.407 bits per heavy atom. The monoisotopic (exact) mass is 755 g/mol. The van der Waals surface area contributed by atoms with E-state index < -0.39 is 0 Å². The minimum atomic E-state index is -0.298. The smallest absolute Gasteiger partial charge is 0.136 e. The van der Waals surface area contributed by atoms with Crippen LogP contribution in [0.15, 0.2) is 210 Å². The van der Waals surface area contributed by atoms with Crippen LogP contribution in [0.3, 0.4) is 0 Å². The number of rotatable bonds is 5. The van der Waals surface area contributed by atoms with Gasteiger partial charge in [0.2, 0.25) is 0 Å². The Hall–Kier alpha value is -7.53. The number of nitrogens with zero attached hydrogens (tertiary/aromatic N) is 1. The van der Waals surface area contributed by atoms with Crippen LogP contribution in [0.25, 0.3) is 87.3 Å². The van der Waals surface area contributed by atoms with E-state index in [-0.39, 0.29) is 12.3 Å². The lowest BCUT2D eigenvalue weighted by Crippen LogP contribution is -2.45. The largest absolute Gasteiger partial charge is 0.456 e. The maximum Gasteiger partial charge on any atom is 0.136 e. The van der Waals surface area contributed by atoms with E-state index in [2.05, 4.69) is 211 Å². The van der Waals surface area contributed by atoms with E-state index in [0.29, 0.717) is 0 Å². The third-order valence-electron chi connectivity index (χ3n) is 12.1. The Morgan fingerprint density at radius 3 is 1.83 bits per heavy atom. The molecule has 2 heterocycles. The van der Waals surface area contributed by atoms with Crippen LogP contribution >= 0.6 is 0 Å². The number of aliphatic imine (C=N–C) groups is 1. The Morgan fingerprint density at radius 2 is 1.03 bits per heavy atom. The number of furan rings is 1. The Balaban J connectivity index is 1.01. The number of hydrogen-bond acceptors (Lipinski definition) is 4. The zero-order valence-electron chi connectivity index (χ0n) is 32.1. The fourth-order valence-corrected chi connectivity index (χ4v) is 9.16. The summed E-state index contributed by atoms with van der Waals surface area (Å²) in [4.78, 5) is 5.40. The van der Waals surface area contributed by atoms with Crippen LogP contribution in [0.4, 0.5) is 0 Å². The van der Waals surface area contributed by atoms with Crippen molar-refractivity contribution in [1.29, 1.82) is 0 Å². The van der Waals surface area contributed by atoms with Crippen LogP contribution in [0.5, 0.6) is 0 Å². The van der Waals surface area contributed by atoms with Crippen LogP contribution in [0.1, 0.15) is 29.0 Å². The first-order valence-electron chi connectivity index (χ1n) is 20.2. The molecule has 0 amide bonds. The first kappa shape index (κ1) is 33.6. The number of nitrogens with one attached hydrogen (secondary N) is 2. The molecule has 0 aliphatic carbocycles. The summed E-state index contributed by atoms with van der Waals surface area (Å²) in [6.07, 6.45) is -0.476. The van der Waals surface area contributed by atoms with Crippen LogP contribution < -0.4 is 10.6 Å². The molecule has 1 aliphatic rings. The van der Waals surface area contributed by atoms with Crippen molar-refractivity contribution in [2.24, 2.45) is 4.99 Å². The van der Waals surface area contributed by atoms with Gasteiger partial charge in [-0.15, -0.1) is 0 Å². The van der Waals surface area contributed by atoms with Crippen molar-refractivity contribution in [1.82, 2.24) is 10.6 Å². The third kappa shape index (κ3) is 5.76. The lowest BCUT2D eigenvalue weighted by Gasteiger charge is -2.33. The topological polar surface area (TPSA) is 49.6 Å². The van der Waals surface area contributed by atoms with Crippen molar-refractivity contribution in [2.75, 3.05) is 0 Å². The second kappa shape index (κ2) is 13.6. The maximum atomic E-state index is 6.73. The van der Waals surface area contributed by atoms with Gasteiger partial charge in [0.25, 0.3) is 0 Å². The molecule has 0 saturated heterocycles. The minimum absolute atomic E-state index is 0.178. The molecule has 0 spiro atoms. The van der Waals surface area contributed by atoms with Crippen molar-refractivity contribution in [3.05, 3.63) is 217 Å². The molecule has 2 N–H and O–H groups in total. The summed E-state index contributed by atoms with van der Waals surface area (Å²) < 4.78 is 6.73. The molecule has 0 fully saturated rings. The molecular weight excluding hydrogens is 719 g/mol. The van der Waals surface area contributed by atoms with Crippen molar-refractivity contribution in [3.8, 4) is 22.3 Å². The van der Waals surface area contributed by atoms with Gasteiger partial charge >= 0.3 is 0 Å². The Labute approximate surface area is 341 Å². The fraction of sp³-hybridized carbons (Fsp3) is 0.0364. The highest BCUT2D eigenvalue weighted by Gasteiger charge is 2.27. The van der Waals surface area contributed by atoms with Crippen molar-refractivity contribution in [3.63, 3.8) is 0 Å². The third-order valence-corrected chi connectivity index (χ3v) is 12.1. The number of amidine groups is 1. The van der Waals surface area contributed by atoms with E-state index in [0.717, 1.165) is 61.2 Å². The van der Waals surface area contributed by atoms with E-state index >= 15 is 0 Å². The summed E-state index contributed by atoms with van der Waals surface area (Å²) in [7, 11) is 0.